The molecule has 1 saturated heterocycles. The van der Waals surface area contributed by atoms with Gasteiger partial charge >= 0.3 is 12.0 Å². The Morgan fingerprint density at radius 1 is 1.17 bits per heavy atom. The van der Waals surface area contributed by atoms with Crippen LogP contribution in [0.3, 0.4) is 0 Å². The molecule has 2 aromatic carbocycles. The highest BCUT2D eigenvalue weighted by atomic mass is 35.5. The number of hydrogen-bond donors (Lipinski definition) is 1. The number of amides is 3. The molecule has 0 bridgehead atoms. The van der Waals surface area contributed by atoms with Gasteiger partial charge in [-0.2, -0.15) is 0 Å². The highest BCUT2D eigenvalue weighted by molar-refractivity contribution is 6.32. The fourth-order valence-electron chi connectivity index (χ4n) is 2.77. The van der Waals surface area contributed by atoms with Crippen molar-refractivity contribution in [2.24, 2.45) is 0 Å². The van der Waals surface area contributed by atoms with Gasteiger partial charge < -0.3 is 19.5 Å². The molecule has 156 valence electrons. The molecular formula is C21H19ClN2O6. The molecular weight excluding hydrogens is 412 g/mol. The van der Waals surface area contributed by atoms with Gasteiger partial charge in [0.25, 0.3) is 5.91 Å². The van der Waals surface area contributed by atoms with Gasteiger partial charge in [-0.3, -0.25) is 9.59 Å². The fourth-order valence-corrected chi connectivity index (χ4v) is 3.04. The number of nitrogens with zero attached hydrogens (tertiary/aromatic N) is 1. The number of benzene rings is 2. The molecule has 1 N–H and O–H groups in total. The average molecular weight is 431 g/mol. The van der Waals surface area contributed by atoms with Crippen LogP contribution in [0.1, 0.15) is 11.1 Å². The number of methoxy groups -OCH3 is 2. The van der Waals surface area contributed by atoms with E-state index in [1.54, 1.807) is 12.1 Å². The van der Waals surface area contributed by atoms with Crippen LogP contribution in [0.5, 0.6) is 11.5 Å². The number of carbonyl (C=O) groups excluding carboxylic acids is 3. The molecule has 0 aliphatic carbocycles. The second-order valence-electron chi connectivity index (χ2n) is 6.26. The normalized spacial score (nSPS) is 14.6. The van der Waals surface area contributed by atoms with Crippen molar-refractivity contribution in [3.05, 3.63) is 64.3 Å². The Morgan fingerprint density at radius 2 is 1.90 bits per heavy atom. The van der Waals surface area contributed by atoms with E-state index in [4.69, 9.17) is 21.1 Å². The third-order valence-electron chi connectivity index (χ3n) is 4.27. The quantitative estimate of drug-likeness (QED) is 0.412. The molecule has 3 amide bonds. The molecule has 0 saturated carbocycles. The lowest BCUT2D eigenvalue weighted by Crippen LogP contribution is -2.36. The Kier molecular flexibility index (Phi) is 6.58. The van der Waals surface area contributed by atoms with E-state index in [2.05, 4.69) is 10.1 Å². The Morgan fingerprint density at radius 3 is 2.57 bits per heavy atom. The van der Waals surface area contributed by atoms with Crippen LogP contribution in [0.2, 0.25) is 5.02 Å². The second kappa shape index (κ2) is 9.32. The summed E-state index contributed by atoms with van der Waals surface area (Å²) in [6.07, 6.45) is 1.44. The molecule has 1 aliphatic heterocycles. The van der Waals surface area contributed by atoms with Crippen LogP contribution in [0.25, 0.3) is 6.08 Å². The highest BCUT2D eigenvalue weighted by Crippen LogP contribution is 2.37. The van der Waals surface area contributed by atoms with E-state index >= 15 is 0 Å². The van der Waals surface area contributed by atoms with Crippen LogP contribution >= 0.6 is 11.6 Å². The molecule has 0 aromatic heterocycles. The van der Waals surface area contributed by atoms with Crippen molar-refractivity contribution in [2.75, 3.05) is 20.8 Å². The number of ether oxygens (including phenoxy) is 3. The molecule has 0 radical (unpaired) electrons. The Balaban J connectivity index is 1.81. The van der Waals surface area contributed by atoms with E-state index in [0.29, 0.717) is 23.7 Å². The lowest BCUT2D eigenvalue weighted by molar-refractivity contribution is -0.143. The minimum absolute atomic E-state index is 0.0000216. The lowest BCUT2D eigenvalue weighted by Gasteiger charge is -2.13. The number of hydrogen-bond acceptors (Lipinski definition) is 6. The minimum atomic E-state index is -0.711. The maximum absolute atomic E-state index is 12.4. The van der Waals surface area contributed by atoms with E-state index in [9.17, 15) is 14.4 Å². The van der Waals surface area contributed by atoms with Crippen LogP contribution in [-0.4, -0.2) is 43.6 Å². The van der Waals surface area contributed by atoms with Crippen LogP contribution in [0, 0.1) is 0 Å². The predicted molar refractivity (Wildman–Crippen MR) is 109 cm³/mol. The summed E-state index contributed by atoms with van der Waals surface area (Å²) in [6, 6.07) is 12.1. The van der Waals surface area contributed by atoms with Gasteiger partial charge in [0.2, 0.25) is 0 Å². The zero-order chi connectivity index (χ0) is 21.7. The van der Waals surface area contributed by atoms with Crippen LogP contribution in [0.15, 0.2) is 48.2 Å². The molecule has 0 spiro atoms. The molecule has 8 nitrogen and oxygen atoms in total. The highest BCUT2D eigenvalue weighted by Gasteiger charge is 2.35. The average Bonchev–Trinajstić information content (AvgIpc) is 3.00. The van der Waals surface area contributed by atoms with Gasteiger partial charge in [0.05, 0.1) is 19.2 Å². The minimum Gasteiger partial charge on any atom is -0.493 e. The smallest absolute Gasteiger partial charge is 0.329 e. The van der Waals surface area contributed by atoms with Crippen LogP contribution in [0.4, 0.5) is 4.79 Å². The van der Waals surface area contributed by atoms with Gasteiger partial charge in [-0.1, -0.05) is 41.9 Å². The standard InChI is InChI=1S/C21H19ClN2O6/c1-28-17-10-14(8-15(22)19(17)30-12-13-6-4-3-5-7-13)9-16-20(26)24(21(27)23-16)11-18(25)29-2/h3-10H,11-12H2,1-2H3,(H,23,27)/b16-9+. The molecule has 3 rings (SSSR count). The third kappa shape index (κ3) is 4.72. The first-order valence-corrected chi connectivity index (χ1v) is 9.26. The van der Waals surface area contributed by atoms with E-state index in [-0.39, 0.29) is 10.7 Å². The molecule has 1 heterocycles. The van der Waals surface area contributed by atoms with Gasteiger partial charge in [-0.25, -0.2) is 9.69 Å². The van der Waals surface area contributed by atoms with Crippen LogP contribution in [-0.2, 0) is 20.9 Å². The Labute approximate surface area is 178 Å². The summed E-state index contributed by atoms with van der Waals surface area (Å²) in [5.74, 6) is -0.623. The van der Waals surface area contributed by atoms with Crippen LogP contribution < -0.4 is 14.8 Å². The van der Waals surface area contributed by atoms with Gasteiger partial charge in [-0.05, 0) is 29.3 Å². The summed E-state index contributed by atoms with van der Waals surface area (Å²) in [5.41, 5.74) is 1.47. The van der Waals surface area contributed by atoms with Gasteiger partial charge in [0.1, 0.15) is 18.8 Å². The number of halogens is 1. The Hall–Kier alpha value is -3.52. The van der Waals surface area contributed by atoms with Crippen molar-refractivity contribution in [3.63, 3.8) is 0 Å². The first-order chi connectivity index (χ1) is 14.4. The molecule has 9 heteroatoms. The fraction of sp³-hybridized carbons (Fsp3) is 0.190. The summed E-state index contributed by atoms with van der Waals surface area (Å²) in [7, 11) is 2.64. The first kappa shape index (κ1) is 21.2. The van der Waals surface area contributed by atoms with Crippen molar-refractivity contribution in [3.8, 4) is 11.5 Å². The molecule has 30 heavy (non-hydrogen) atoms. The van der Waals surface area contributed by atoms with E-state index in [1.165, 1.54) is 20.3 Å². The number of imide groups is 1. The maximum atomic E-state index is 12.4. The van der Waals surface area contributed by atoms with Crippen molar-refractivity contribution < 1.29 is 28.6 Å². The van der Waals surface area contributed by atoms with Crippen molar-refractivity contribution in [1.82, 2.24) is 10.2 Å². The zero-order valence-electron chi connectivity index (χ0n) is 16.3. The second-order valence-corrected chi connectivity index (χ2v) is 6.67. The number of carbonyl (C=O) groups is 3. The molecule has 0 atom stereocenters. The van der Waals surface area contributed by atoms with Crippen molar-refractivity contribution in [1.29, 1.82) is 0 Å². The predicted octanol–water partition coefficient (Wildman–Crippen LogP) is 2.99. The summed E-state index contributed by atoms with van der Waals surface area (Å²) < 4.78 is 15.7. The number of urea groups is 1. The first-order valence-electron chi connectivity index (χ1n) is 8.88. The SMILES string of the molecule is COC(=O)CN1C(=O)N/C(=C/c2cc(Cl)c(OCc3ccccc3)c(OC)c2)C1=O. The molecule has 1 aliphatic rings. The Bertz CT molecular complexity index is 1010. The zero-order valence-corrected chi connectivity index (χ0v) is 17.1. The van der Waals surface area contributed by atoms with Crippen molar-refractivity contribution in [2.45, 2.75) is 6.61 Å². The number of rotatable bonds is 7. The number of nitrogens with one attached hydrogen (secondary N) is 1. The summed E-state index contributed by atoms with van der Waals surface area (Å²) >= 11 is 6.37. The monoisotopic (exact) mass is 430 g/mol. The van der Waals surface area contributed by atoms with Crippen molar-refractivity contribution >= 4 is 35.6 Å². The lowest BCUT2D eigenvalue weighted by atomic mass is 10.1. The van der Waals surface area contributed by atoms with E-state index < -0.39 is 24.5 Å². The topological polar surface area (TPSA) is 94.2 Å². The summed E-state index contributed by atoms with van der Waals surface area (Å²) in [4.78, 5) is 36.5. The molecule has 0 unspecified atom stereocenters. The largest absolute Gasteiger partial charge is 0.493 e. The van der Waals surface area contributed by atoms with Gasteiger partial charge in [0, 0.05) is 0 Å². The third-order valence-corrected chi connectivity index (χ3v) is 4.55. The van der Waals surface area contributed by atoms with Gasteiger partial charge in [-0.15, -0.1) is 0 Å². The number of esters is 1. The summed E-state index contributed by atoms with van der Waals surface area (Å²) in [6.45, 7) is -0.177. The van der Waals surface area contributed by atoms with E-state index in [0.717, 1.165) is 10.5 Å². The van der Waals surface area contributed by atoms with Gasteiger partial charge in [0.15, 0.2) is 11.5 Å². The maximum Gasteiger partial charge on any atom is 0.329 e. The molecule has 2 aromatic rings. The van der Waals surface area contributed by atoms with E-state index in [1.807, 2.05) is 30.3 Å². The summed E-state index contributed by atoms with van der Waals surface area (Å²) in [5, 5.41) is 2.70. The molecule has 1 fully saturated rings.